The van der Waals surface area contributed by atoms with Crippen molar-refractivity contribution in [2.75, 3.05) is 26.2 Å². The fourth-order valence-electron chi connectivity index (χ4n) is 5.86. The number of hydrogen-bond acceptors (Lipinski definition) is 4. The quantitative estimate of drug-likeness (QED) is 0.676. The number of carboxylic acid groups (broad SMARTS) is 1. The van der Waals surface area contributed by atoms with Crippen LogP contribution < -0.4 is 0 Å². The number of hydrogen-bond donors (Lipinski definition) is 1. The van der Waals surface area contributed by atoms with Crippen LogP contribution in [-0.2, 0) is 22.6 Å². The highest BCUT2D eigenvalue weighted by molar-refractivity contribution is 5.85. The first-order valence-corrected chi connectivity index (χ1v) is 12.3. The summed E-state index contributed by atoms with van der Waals surface area (Å²) in [5.41, 5.74) is 2.49. The van der Waals surface area contributed by atoms with E-state index in [1.807, 2.05) is 18.6 Å². The fourth-order valence-corrected chi connectivity index (χ4v) is 5.86. The molecule has 0 bridgehead atoms. The molecular formula is C26H36N4O3. The SMILES string of the molecule is O=C1N(CCc2ccccc2)CCC12CCN(Cc1cncn1C1CCCCC1)C2.O=CO. The largest absolute Gasteiger partial charge is 0.483 e. The van der Waals surface area contributed by atoms with Gasteiger partial charge in [-0.25, -0.2) is 4.98 Å². The number of likely N-dealkylation sites (tertiary alicyclic amines) is 2. The second-order valence-electron chi connectivity index (χ2n) is 9.71. The Balaban J connectivity index is 0.000000821. The number of rotatable bonds is 6. The number of nitrogens with zero attached hydrogens (tertiary/aromatic N) is 4. The van der Waals surface area contributed by atoms with Gasteiger partial charge in [-0.05, 0) is 44.2 Å². The normalized spacial score (nSPS) is 23.6. The standard InChI is InChI=1S/C25H34N4O.CH2O2/c30-24-25(13-16-28(24)14-11-21-7-3-1-4-8-21)12-15-27(19-25)18-23-17-26-20-29(23)22-9-5-2-6-10-22;2-1-3/h1,3-4,7-8,17,20,22H,2,5-6,9-16,18-19H2;1H,(H,2,3). The fraction of sp³-hybridized carbons (Fsp3) is 0.577. The molecule has 2 aromatic rings. The van der Waals surface area contributed by atoms with E-state index in [-0.39, 0.29) is 11.9 Å². The van der Waals surface area contributed by atoms with Crippen LogP contribution in [-0.4, -0.2) is 63.0 Å². The van der Waals surface area contributed by atoms with E-state index in [2.05, 4.69) is 43.6 Å². The van der Waals surface area contributed by atoms with Gasteiger partial charge in [0, 0.05) is 38.4 Å². The number of benzene rings is 1. The minimum Gasteiger partial charge on any atom is -0.483 e. The summed E-state index contributed by atoms with van der Waals surface area (Å²) in [6, 6.07) is 11.1. The topological polar surface area (TPSA) is 78.7 Å². The molecule has 3 aliphatic rings. The summed E-state index contributed by atoms with van der Waals surface area (Å²) in [5, 5.41) is 6.89. The third-order valence-corrected chi connectivity index (χ3v) is 7.65. The van der Waals surface area contributed by atoms with Gasteiger partial charge in [0.05, 0.1) is 17.4 Å². The first-order chi connectivity index (χ1) is 16.1. The molecule has 1 spiro atoms. The molecule has 1 aromatic carbocycles. The molecule has 7 nitrogen and oxygen atoms in total. The van der Waals surface area contributed by atoms with Crippen molar-refractivity contribution >= 4 is 12.4 Å². The smallest absolute Gasteiger partial charge is 0.290 e. The number of carbonyl (C=O) groups is 2. The van der Waals surface area contributed by atoms with Crippen molar-refractivity contribution in [1.29, 1.82) is 0 Å². The summed E-state index contributed by atoms with van der Waals surface area (Å²) in [6.07, 6.45) is 13.6. The zero-order valence-corrected chi connectivity index (χ0v) is 19.4. The van der Waals surface area contributed by atoms with Gasteiger partial charge in [0.15, 0.2) is 0 Å². The number of imidazole rings is 1. The molecule has 7 heteroatoms. The highest BCUT2D eigenvalue weighted by Gasteiger charge is 2.50. The third kappa shape index (κ3) is 5.46. The molecule has 1 atom stereocenters. The van der Waals surface area contributed by atoms with Gasteiger partial charge in [0.1, 0.15) is 0 Å². The number of aromatic nitrogens is 2. The number of carbonyl (C=O) groups excluding carboxylic acids is 1. The monoisotopic (exact) mass is 452 g/mol. The number of amides is 1. The Morgan fingerprint density at radius 3 is 2.58 bits per heavy atom. The van der Waals surface area contributed by atoms with Crippen LogP contribution in [0.2, 0.25) is 0 Å². The lowest BCUT2D eigenvalue weighted by molar-refractivity contribution is -0.135. The van der Waals surface area contributed by atoms with Crippen LogP contribution in [0.1, 0.15) is 62.2 Å². The Hall–Kier alpha value is -2.67. The Morgan fingerprint density at radius 2 is 1.82 bits per heavy atom. The zero-order chi connectivity index (χ0) is 23.1. The van der Waals surface area contributed by atoms with Crippen LogP contribution in [0.4, 0.5) is 0 Å². The van der Waals surface area contributed by atoms with Crippen LogP contribution in [0, 0.1) is 5.41 Å². The van der Waals surface area contributed by atoms with E-state index in [4.69, 9.17) is 9.90 Å². The highest BCUT2D eigenvalue weighted by Crippen LogP contribution is 2.41. The molecule has 1 aliphatic carbocycles. The van der Waals surface area contributed by atoms with E-state index in [9.17, 15) is 4.79 Å². The van der Waals surface area contributed by atoms with E-state index in [1.165, 1.54) is 43.4 Å². The van der Waals surface area contributed by atoms with Gasteiger partial charge in [-0.3, -0.25) is 14.5 Å². The zero-order valence-electron chi connectivity index (χ0n) is 19.4. The van der Waals surface area contributed by atoms with Crippen molar-refractivity contribution in [3.8, 4) is 0 Å². The highest BCUT2D eigenvalue weighted by atomic mass is 16.3. The van der Waals surface area contributed by atoms with Crippen LogP contribution >= 0.6 is 0 Å². The van der Waals surface area contributed by atoms with Gasteiger partial charge in [-0.15, -0.1) is 0 Å². The van der Waals surface area contributed by atoms with Gasteiger partial charge in [-0.2, -0.15) is 0 Å². The molecule has 5 rings (SSSR count). The molecule has 1 unspecified atom stereocenters. The summed E-state index contributed by atoms with van der Waals surface area (Å²) in [5.74, 6) is 0.390. The summed E-state index contributed by atoms with van der Waals surface area (Å²) in [7, 11) is 0. The lowest BCUT2D eigenvalue weighted by atomic mass is 9.85. The molecule has 178 valence electrons. The van der Waals surface area contributed by atoms with Gasteiger partial charge in [0.25, 0.3) is 6.47 Å². The minimum atomic E-state index is -0.250. The summed E-state index contributed by atoms with van der Waals surface area (Å²) >= 11 is 0. The first kappa shape index (κ1) is 23.5. The van der Waals surface area contributed by atoms with E-state index < -0.39 is 0 Å². The van der Waals surface area contributed by atoms with E-state index in [0.29, 0.717) is 11.9 Å². The maximum atomic E-state index is 13.3. The third-order valence-electron chi connectivity index (χ3n) is 7.65. The molecule has 3 heterocycles. The van der Waals surface area contributed by atoms with Gasteiger partial charge in [0.2, 0.25) is 5.91 Å². The van der Waals surface area contributed by atoms with Gasteiger partial charge < -0.3 is 14.6 Å². The van der Waals surface area contributed by atoms with E-state index in [0.717, 1.165) is 52.0 Å². The maximum absolute atomic E-state index is 13.3. The molecule has 3 fully saturated rings. The molecule has 33 heavy (non-hydrogen) atoms. The van der Waals surface area contributed by atoms with Gasteiger partial charge >= 0.3 is 0 Å². The molecule has 1 N–H and O–H groups in total. The predicted octanol–water partition coefficient (Wildman–Crippen LogP) is 3.76. The van der Waals surface area contributed by atoms with E-state index >= 15 is 0 Å². The van der Waals surface area contributed by atoms with Crippen molar-refractivity contribution < 1.29 is 14.7 Å². The first-order valence-electron chi connectivity index (χ1n) is 12.3. The maximum Gasteiger partial charge on any atom is 0.290 e. The average molecular weight is 453 g/mol. The van der Waals surface area contributed by atoms with Gasteiger partial charge in [-0.1, -0.05) is 49.6 Å². The lowest BCUT2D eigenvalue weighted by Crippen LogP contribution is -2.37. The second kappa shape index (κ2) is 11.0. The van der Waals surface area contributed by atoms with Crippen molar-refractivity contribution in [2.24, 2.45) is 5.41 Å². The Bertz CT molecular complexity index is 909. The van der Waals surface area contributed by atoms with Crippen molar-refractivity contribution in [2.45, 2.75) is 64.0 Å². The summed E-state index contributed by atoms with van der Waals surface area (Å²) in [6.45, 7) is 4.37. The van der Waals surface area contributed by atoms with Crippen molar-refractivity contribution in [3.05, 3.63) is 54.1 Å². The van der Waals surface area contributed by atoms with Crippen LogP contribution in [0.25, 0.3) is 0 Å². The molecule has 1 amide bonds. The lowest BCUT2D eigenvalue weighted by Gasteiger charge is -2.27. The predicted molar refractivity (Wildman–Crippen MR) is 127 cm³/mol. The summed E-state index contributed by atoms with van der Waals surface area (Å²) < 4.78 is 2.42. The van der Waals surface area contributed by atoms with Crippen LogP contribution in [0.5, 0.6) is 0 Å². The second-order valence-corrected chi connectivity index (χ2v) is 9.71. The molecule has 2 aliphatic heterocycles. The molecule has 0 radical (unpaired) electrons. The summed E-state index contributed by atoms with van der Waals surface area (Å²) in [4.78, 5) is 30.7. The van der Waals surface area contributed by atoms with Crippen LogP contribution in [0.3, 0.4) is 0 Å². The Labute approximate surface area is 196 Å². The molecular weight excluding hydrogens is 416 g/mol. The minimum absolute atomic E-state index is 0.146. The van der Waals surface area contributed by atoms with Crippen LogP contribution in [0.15, 0.2) is 42.9 Å². The van der Waals surface area contributed by atoms with E-state index in [1.54, 1.807) is 0 Å². The Morgan fingerprint density at radius 1 is 1.09 bits per heavy atom. The molecule has 1 aromatic heterocycles. The van der Waals surface area contributed by atoms with Crippen molar-refractivity contribution in [1.82, 2.24) is 19.4 Å². The molecule has 1 saturated carbocycles. The van der Waals surface area contributed by atoms with Crippen molar-refractivity contribution in [3.63, 3.8) is 0 Å². The Kier molecular flexibility index (Phi) is 7.81. The molecule has 2 saturated heterocycles. The average Bonchev–Trinajstić information content (AvgIpc) is 3.55.